The minimum absolute atomic E-state index is 0.205. The van der Waals surface area contributed by atoms with E-state index in [1.165, 1.54) is 6.92 Å². The molecule has 0 saturated heterocycles. The molecular formula is C28H28N2O5. The summed E-state index contributed by atoms with van der Waals surface area (Å²) in [5.74, 6) is -5.36. The summed E-state index contributed by atoms with van der Waals surface area (Å²) < 4.78 is 10.3. The first-order valence-corrected chi connectivity index (χ1v) is 11.3. The molecule has 7 nitrogen and oxygen atoms in total. The quantitative estimate of drug-likeness (QED) is 0.600. The summed E-state index contributed by atoms with van der Waals surface area (Å²) in [6.07, 6.45) is -0.205. The molecular weight excluding hydrogens is 444 g/mol. The number of Topliss-reactive ketones (excluding diaryl/α,β-unsaturated/α-hetero) is 1. The van der Waals surface area contributed by atoms with Gasteiger partial charge in [0.1, 0.15) is 5.78 Å². The molecule has 7 heteroatoms. The lowest BCUT2D eigenvalue weighted by Gasteiger charge is -2.52. The first-order valence-electron chi connectivity index (χ1n) is 11.3. The zero-order chi connectivity index (χ0) is 26.0. The molecule has 0 aromatic heterocycles. The van der Waals surface area contributed by atoms with Gasteiger partial charge in [0, 0.05) is 17.8 Å². The molecule has 3 rings (SSSR count). The van der Waals surface area contributed by atoms with Gasteiger partial charge in [-0.25, -0.2) is 0 Å². The van der Waals surface area contributed by atoms with E-state index < -0.39 is 40.5 Å². The number of carbonyl (C=O) groups is 3. The maximum absolute atomic E-state index is 13.7. The van der Waals surface area contributed by atoms with Crippen LogP contribution in [0.5, 0.6) is 0 Å². The van der Waals surface area contributed by atoms with Gasteiger partial charge in [0.15, 0.2) is 10.8 Å². The third-order valence-corrected chi connectivity index (χ3v) is 7.14. The van der Waals surface area contributed by atoms with Gasteiger partial charge < -0.3 is 9.47 Å². The topological polar surface area (TPSA) is 117 Å². The normalized spacial score (nSPS) is 27.7. The zero-order valence-corrected chi connectivity index (χ0v) is 20.5. The Labute approximate surface area is 205 Å². The van der Waals surface area contributed by atoms with E-state index in [2.05, 4.69) is 12.1 Å². The van der Waals surface area contributed by atoms with E-state index in [4.69, 9.17) is 9.47 Å². The Kier molecular flexibility index (Phi) is 7.12. The SMILES string of the molecule is COC(=O)[C@]1(C#N)[C@@H](c2cccc(C)c2)[C@H](C(C)=O)C[C@](C#N)(C(=O)OC)[C@H]1c1cccc(C)c1. The molecule has 180 valence electrons. The standard InChI is InChI=1S/C28H28N2O5/c1-17-8-6-10-20(12-17)23-22(19(3)31)14-27(15-29,25(32)34-4)24(21-11-7-9-18(2)13-21)28(23,16-30)26(33)35-5/h6-13,22-24H,14H2,1-5H3/t22-,23-,24+,27+,28+/m0/s1. The fourth-order valence-electron chi connectivity index (χ4n) is 5.74. The molecule has 0 aliphatic heterocycles. The highest BCUT2D eigenvalue weighted by Crippen LogP contribution is 2.64. The number of hydrogen-bond acceptors (Lipinski definition) is 7. The van der Waals surface area contributed by atoms with Crippen LogP contribution in [0.3, 0.4) is 0 Å². The van der Waals surface area contributed by atoms with Crippen LogP contribution >= 0.6 is 0 Å². The van der Waals surface area contributed by atoms with Gasteiger partial charge in [-0.2, -0.15) is 10.5 Å². The van der Waals surface area contributed by atoms with Gasteiger partial charge in [0.05, 0.1) is 26.4 Å². The molecule has 1 aliphatic carbocycles. The van der Waals surface area contributed by atoms with Crippen LogP contribution in [0.25, 0.3) is 0 Å². The molecule has 2 aromatic carbocycles. The van der Waals surface area contributed by atoms with E-state index in [0.717, 1.165) is 25.3 Å². The van der Waals surface area contributed by atoms with Gasteiger partial charge in [0.25, 0.3) is 0 Å². The fraction of sp³-hybridized carbons (Fsp3) is 0.393. The molecule has 0 N–H and O–H groups in total. The van der Waals surface area contributed by atoms with Crippen LogP contribution in [0.1, 0.15) is 47.4 Å². The highest BCUT2D eigenvalue weighted by Gasteiger charge is 2.71. The van der Waals surface area contributed by atoms with Crippen LogP contribution in [0, 0.1) is 53.3 Å². The van der Waals surface area contributed by atoms with Gasteiger partial charge in [0.2, 0.25) is 0 Å². The lowest BCUT2D eigenvalue weighted by Crippen LogP contribution is -2.59. The molecule has 2 aromatic rings. The van der Waals surface area contributed by atoms with Crippen molar-refractivity contribution in [3.05, 3.63) is 70.8 Å². The number of methoxy groups -OCH3 is 2. The van der Waals surface area contributed by atoms with Crippen molar-refractivity contribution < 1.29 is 23.9 Å². The molecule has 0 heterocycles. The van der Waals surface area contributed by atoms with Gasteiger partial charge in [-0.3, -0.25) is 14.4 Å². The van der Waals surface area contributed by atoms with Crippen molar-refractivity contribution in [3.63, 3.8) is 0 Å². The van der Waals surface area contributed by atoms with E-state index in [1.54, 1.807) is 30.3 Å². The van der Waals surface area contributed by atoms with Crippen molar-refractivity contribution in [1.82, 2.24) is 0 Å². The van der Waals surface area contributed by atoms with Crippen LogP contribution in [0.2, 0.25) is 0 Å². The monoisotopic (exact) mass is 472 g/mol. The van der Waals surface area contributed by atoms with Crippen molar-refractivity contribution >= 4 is 17.7 Å². The summed E-state index contributed by atoms with van der Waals surface area (Å²) in [6, 6.07) is 18.5. The molecule has 0 amide bonds. The molecule has 35 heavy (non-hydrogen) atoms. The average molecular weight is 473 g/mol. The number of ketones is 1. The Morgan fingerprint density at radius 2 is 1.43 bits per heavy atom. The first kappa shape index (κ1) is 25.6. The molecule has 1 fully saturated rings. The maximum Gasteiger partial charge on any atom is 0.327 e. The lowest BCUT2D eigenvalue weighted by molar-refractivity contribution is -0.167. The zero-order valence-electron chi connectivity index (χ0n) is 20.5. The molecule has 0 unspecified atom stereocenters. The Hall–Kier alpha value is -3.97. The highest BCUT2D eigenvalue weighted by atomic mass is 16.5. The molecule has 1 aliphatic rings. The maximum atomic E-state index is 13.7. The third-order valence-electron chi connectivity index (χ3n) is 7.14. The second-order valence-electron chi connectivity index (χ2n) is 9.21. The number of nitrogens with zero attached hydrogens (tertiary/aromatic N) is 2. The van der Waals surface area contributed by atoms with Crippen molar-refractivity contribution in [2.24, 2.45) is 16.7 Å². The second kappa shape index (κ2) is 9.72. The summed E-state index contributed by atoms with van der Waals surface area (Å²) in [5, 5.41) is 21.3. The van der Waals surface area contributed by atoms with Crippen molar-refractivity contribution in [1.29, 1.82) is 10.5 Å². The third kappa shape index (κ3) is 3.98. The first-order chi connectivity index (χ1) is 16.6. The molecule has 0 spiro atoms. The molecule has 1 saturated carbocycles. The van der Waals surface area contributed by atoms with Crippen LogP contribution in [-0.4, -0.2) is 31.9 Å². The Morgan fingerprint density at radius 1 is 0.886 bits per heavy atom. The van der Waals surface area contributed by atoms with Gasteiger partial charge in [-0.15, -0.1) is 0 Å². The summed E-state index contributed by atoms with van der Waals surface area (Å²) in [7, 11) is 2.31. The number of esters is 2. The number of ether oxygens (including phenoxy) is 2. The minimum Gasteiger partial charge on any atom is -0.468 e. The van der Waals surface area contributed by atoms with Crippen molar-refractivity contribution in [3.8, 4) is 12.1 Å². The van der Waals surface area contributed by atoms with E-state index in [1.807, 2.05) is 32.0 Å². The summed E-state index contributed by atoms with van der Waals surface area (Å²) in [6.45, 7) is 5.05. The van der Waals surface area contributed by atoms with Gasteiger partial charge >= 0.3 is 11.9 Å². The largest absolute Gasteiger partial charge is 0.468 e. The van der Waals surface area contributed by atoms with Crippen molar-refractivity contribution in [2.75, 3.05) is 14.2 Å². The van der Waals surface area contributed by atoms with Crippen LogP contribution in [0.15, 0.2) is 48.5 Å². The predicted octanol–water partition coefficient (Wildman–Crippen LogP) is 4.15. The number of benzene rings is 2. The smallest absolute Gasteiger partial charge is 0.327 e. The summed E-state index contributed by atoms with van der Waals surface area (Å²) >= 11 is 0. The second-order valence-corrected chi connectivity index (χ2v) is 9.21. The fourth-order valence-corrected chi connectivity index (χ4v) is 5.74. The van der Waals surface area contributed by atoms with E-state index in [0.29, 0.717) is 11.1 Å². The number of nitriles is 2. The molecule has 0 radical (unpaired) electrons. The number of rotatable bonds is 5. The van der Waals surface area contributed by atoms with E-state index >= 15 is 0 Å². The lowest BCUT2D eigenvalue weighted by atomic mass is 9.45. The van der Waals surface area contributed by atoms with Gasteiger partial charge in [-0.1, -0.05) is 59.7 Å². The Bertz CT molecular complexity index is 1260. The summed E-state index contributed by atoms with van der Waals surface area (Å²) in [5.41, 5.74) is -1.33. The molecule has 5 atom stereocenters. The minimum atomic E-state index is -2.07. The van der Waals surface area contributed by atoms with Crippen molar-refractivity contribution in [2.45, 2.75) is 39.0 Å². The van der Waals surface area contributed by atoms with Crippen LogP contribution in [-0.2, 0) is 23.9 Å². The number of hydrogen-bond donors (Lipinski definition) is 0. The average Bonchev–Trinajstić information content (AvgIpc) is 2.85. The highest BCUT2D eigenvalue weighted by molar-refractivity contribution is 5.92. The molecule has 0 bridgehead atoms. The number of carbonyl (C=O) groups excluding carboxylic acids is 3. The predicted molar refractivity (Wildman–Crippen MR) is 127 cm³/mol. The Morgan fingerprint density at radius 3 is 1.89 bits per heavy atom. The number of aryl methyl sites for hydroxylation is 2. The Balaban J connectivity index is 2.55. The van der Waals surface area contributed by atoms with Crippen LogP contribution < -0.4 is 0 Å². The summed E-state index contributed by atoms with van der Waals surface area (Å²) in [4.78, 5) is 40.1. The van der Waals surface area contributed by atoms with E-state index in [9.17, 15) is 24.9 Å². The van der Waals surface area contributed by atoms with Crippen LogP contribution in [0.4, 0.5) is 0 Å². The van der Waals surface area contributed by atoms with E-state index in [-0.39, 0.29) is 12.2 Å². The van der Waals surface area contributed by atoms with Gasteiger partial charge in [-0.05, 0) is 38.3 Å².